The van der Waals surface area contributed by atoms with E-state index in [1.54, 1.807) is 19.1 Å². The molecular weight excluding hydrogens is 297 g/mol. The average Bonchev–Trinajstić information content (AvgIpc) is 3.21. The minimum atomic E-state index is -4.67. The Morgan fingerprint density at radius 1 is 1.23 bits per heavy atom. The maximum atomic E-state index is 12.1. The van der Waals surface area contributed by atoms with E-state index < -0.39 is 6.36 Å². The molecule has 2 rings (SSSR count). The summed E-state index contributed by atoms with van der Waals surface area (Å²) in [5.41, 5.74) is 0.615. The largest absolute Gasteiger partial charge is 0.573 e. The van der Waals surface area contributed by atoms with Crippen LogP contribution in [-0.4, -0.2) is 18.9 Å². The molecule has 1 aromatic carbocycles. The Bertz CT molecular complexity index is 504. The van der Waals surface area contributed by atoms with Crippen molar-refractivity contribution in [2.75, 3.05) is 6.61 Å². The zero-order chi connectivity index (χ0) is 16.2. The molecule has 0 radical (unpaired) electrons. The molecule has 1 aliphatic carbocycles. The van der Waals surface area contributed by atoms with Gasteiger partial charge in [0.05, 0.1) is 12.0 Å². The van der Waals surface area contributed by atoms with Crippen LogP contribution in [0.15, 0.2) is 24.3 Å². The number of aryl methyl sites for hydroxylation is 1. The fourth-order valence-corrected chi connectivity index (χ4v) is 2.48. The summed E-state index contributed by atoms with van der Waals surface area (Å²) >= 11 is 0. The van der Waals surface area contributed by atoms with E-state index in [2.05, 4.69) is 4.74 Å². The average molecular weight is 316 g/mol. The number of hydrogen-bond acceptors (Lipinski definition) is 3. The van der Waals surface area contributed by atoms with Crippen molar-refractivity contribution in [2.45, 2.75) is 45.4 Å². The SMILES string of the molecule is CCOC(=O)C1(CCCc2ccc(OC(F)(F)F)cc2)CC1. The number of alkyl halides is 3. The molecule has 1 aromatic rings. The Labute approximate surface area is 127 Å². The number of rotatable bonds is 7. The molecule has 0 bridgehead atoms. The lowest BCUT2D eigenvalue weighted by Gasteiger charge is -2.13. The van der Waals surface area contributed by atoms with E-state index >= 15 is 0 Å². The van der Waals surface area contributed by atoms with Crippen LogP contribution in [0.2, 0.25) is 0 Å². The molecule has 6 heteroatoms. The smallest absolute Gasteiger partial charge is 0.466 e. The number of ether oxygens (including phenoxy) is 2. The first-order chi connectivity index (χ1) is 10.3. The van der Waals surface area contributed by atoms with Gasteiger partial charge in [0, 0.05) is 0 Å². The lowest BCUT2D eigenvalue weighted by atomic mass is 9.97. The molecule has 3 nitrogen and oxygen atoms in total. The molecule has 1 aliphatic rings. The van der Waals surface area contributed by atoms with Crippen LogP contribution >= 0.6 is 0 Å². The summed E-state index contributed by atoms with van der Waals surface area (Å²) in [6.45, 7) is 2.18. The topological polar surface area (TPSA) is 35.5 Å². The highest BCUT2D eigenvalue weighted by Crippen LogP contribution is 2.50. The van der Waals surface area contributed by atoms with Crippen molar-refractivity contribution >= 4 is 5.97 Å². The van der Waals surface area contributed by atoms with Gasteiger partial charge in [-0.25, -0.2) is 0 Å². The lowest BCUT2D eigenvalue weighted by Crippen LogP contribution is -2.19. The second-order valence-electron chi connectivity index (χ2n) is 5.55. The second-order valence-corrected chi connectivity index (χ2v) is 5.55. The van der Waals surface area contributed by atoms with Gasteiger partial charge in [-0.3, -0.25) is 4.79 Å². The number of benzene rings is 1. The Hall–Kier alpha value is -1.72. The van der Waals surface area contributed by atoms with E-state index in [1.165, 1.54) is 12.1 Å². The van der Waals surface area contributed by atoms with E-state index in [0.717, 1.165) is 31.2 Å². The first kappa shape index (κ1) is 16.6. The number of halogens is 3. The maximum Gasteiger partial charge on any atom is 0.573 e. The summed E-state index contributed by atoms with van der Waals surface area (Å²) in [4.78, 5) is 11.8. The summed E-state index contributed by atoms with van der Waals surface area (Å²) in [5.74, 6) is -0.342. The highest BCUT2D eigenvalue weighted by Gasteiger charge is 2.50. The molecular formula is C16H19F3O3. The van der Waals surface area contributed by atoms with Gasteiger partial charge in [-0.1, -0.05) is 12.1 Å². The molecule has 0 saturated heterocycles. The van der Waals surface area contributed by atoms with E-state index in [4.69, 9.17) is 4.74 Å². The highest BCUT2D eigenvalue weighted by atomic mass is 19.4. The van der Waals surface area contributed by atoms with Crippen LogP contribution in [0.4, 0.5) is 13.2 Å². The maximum absolute atomic E-state index is 12.1. The third kappa shape index (κ3) is 4.64. The predicted molar refractivity (Wildman–Crippen MR) is 74.4 cm³/mol. The van der Waals surface area contributed by atoms with Crippen molar-refractivity contribution in [3.63, 3.8) is 0 Å². The van der Waals surface area contributed by atoms with Crippen LogP contribution in [0.1, 0.15) is 38.2 Å². The first-order valence-electron chi connectivity index (χ1n) is 7.36. The van der Waals surface area contributed by atoms with Gasteiger partial charge in [-0.2, -0.15) is 0 Å². The second kappa shape index (κ2) is 6.58. The first-order valence-corrected chi connectivity index (χ1v) is 7.36. The van der Waals surface area contributed by atoms with Crippen molar-refractivity contribution < 1.29 is 27.4 Å². The van der Waals surface area contributed by atoms with E-state index in [0.29, 0.717) is 13.0 Å². The normalized spacial score (nSPS) is 16.2. The van der Waals surface area contributed by atoms with Gasteiger partial charge in [-0.05, 0) is 56.7 Å². The van der Waals surface area contributed by atoms with Crippen molar-refractivity contribution in [1.82, 2.24) is 0 Å². The standard InChI is InChI=1S/C16H19F3O3/c1-2-21-14(20)15(10-11-15)9-3-4-12-5-7-13(8-6-12)22-16(17,18)19/h5-8H,2-4,9-11H2,1H3. The van der Waals surface area contributed by atoms with Crippen molar-refractivity contribution in [3.8, 4) is 5.75 Å². The summed E-state index contributed by atoms with van der Waals surface area (Å²) in [6, 6.07) is 5.85. The molecule has 1 saturated carbocycles. The van der Waals surface area contributed by atoms with Crippen molar-refractivity contribution in [1.29, 1.82) is 0 Å². The van der Waals surface area contributed by atoms with Gasteiger partial charge in [-0.15, -0.1) is 13.2 Å². The Morgan fingerprint density at radius 2 is 1.86 bits per heavy atom. The fourth-order valence-electron chi connectivity index (χ4n) is 2.48. The monoisotopic (exact) mass is 316 g/mol. The van der Waals surface area contributed by atoms with Gasteiger partial charge < -0.3 is 9.47 Å². The van der Waals surface area contributed by atoms with Crippen LogP contribution < -0.4 is 4.74 Å². The number of esters is 1. The van der Waals surface area contributed by atoms with Gasteiger partial charge in [0.1, 0.15) is 5.75 Å². The lowest BCUT2D eigenvalue weighted by molar-refractivity contribution is -0.274. The van der Waals surface area contributed by atoms with Crippen LogP contribution in [-0.2, 0) is 16.0 Å². The molecule has 122 valence electrons. The predicted octanol–water partition coefficient (Wildman–Crippen LogP) is 4.25. The van der Waals surface area contributed by atoms with Crippen molar-refractivity contribution in [3.05, 3.63) is 29.8 Å². The molecule has 0 aromatic heterocycles. The van der Waals surface area contributed by atoms with Gasteiger partial charge >= 0.3 is 12.3 Å². The van der Waals surface area contributed by atoms with Crippen LogP contribution in [0, 0.1) is 5.41 Å². The highest BCUT2D eigenvalue weighted by molar-refractivity contribution is 5.79. The minimum Gasteiger partial charge on any atom is -0.466 e. The number of hydrogen-bond donors (Lipinski definition) is 0. The quantitative estimate of drug-likeness (QED) is 0.705. The van der Waals surface area contributed by atoms with E-state index in [1.807, 2.05) is 0 Å². The third-order valence-electron chi connectivity index (χ3n) is 3.84. The van der Waals surface area contributed by atoms with E-state index in [9.17, 15) is 18.0 Å². The molecule has 0 amide bonds. The molecule has 0 spiro atoms. The van der Waals surface area contributed by atoms with Gasteiger partial charge in [0.25, 0.3) is 0 Å². The third-order valence-corrected chi connectivity index (χ3v) is 3.84. The molecule has 0 heterocycles. The van der Waals surface area contributed by atoms with Crippen LogP contribution in [0.5, 0.6) is 5.75 Å². The van der Waals surface area contributed by atoms with Gasteiger partial charge in [0.2, 0.25) is 0 Å². The molecule has 0 N–H and O–H groups in total. The molecule has 1 fully saturated rings. The Morgan fingerprint density at radius 3 is 2.36 bits per heavy atom. The van der Waals surface area contributed by atoms with Crippen molar-refractivity contribution in [2.24, 2.45) is 5.41 Å². The summed E-state index contributed by atoms with van der Waals surface area (Å²) < 4.78 is 45.1. The molecule has 0 unspecified atom stereocenters. The minimum absolute atomic E-state index is 0.121. The Kier molecular flexibility index (Phi) is 4.98. The zero-order valence-corrected chi connectivity index (χ0v) is 12.4. The molecule has 0 atom stereocenters. The summed E-state index contributed by atoms with van der Waals surface area (Å²) in [5, 5.41) is 0. The van der Waals surface area contributed by atoms with Crippen LogP contribution in [0.25, 0.3) is 0 Å². The number of carbonyl (C=O) groups excluding carboxylic acids is 1. The van der Waals surface area contributed by atoms with Gasteiger partial charge in [0.15, 0.2) is 0 Å². The van der Waals surface area contributed by atoms with E-state index in [-0.39, 0.29) is 17.1 Å². The summed E-state index contributed by atoms with van der Waals surface area (Å²) in [7, 11) is 0. The van der Waals surface area contributed by atoms with Crippen LogP contribution in [0.3, 0.4) is 0 Å². The number of carbonyl (C=O) groups is 1. The fraction of sp³-hybridized carbons (Fsp3) is 0.562. The molecule has 22 heavy (non-hydrogen) atoms. The molecule has 0 aliphatic heterocycles. The summed E-state index contributed by atoms with van der Waals surface area (Å²) in [6.07, 6.45) is -0.660. The Balaban J connectivity index is 1.79. The zero-order valence-electron chi connectivity index (χ0n) is 12.4.